The fourth-order valence-electron chi connectivity index (χ4n) is 6.11. The number of hydrogen-bond donors (Lipinski definition) is 5. The van der Waals surface area contributed by atoms with Crippen molar-refractivity contribution in [1.82, 2.24) is 0 Å². The van der Waals surface area contributed by atoms with Gasteiger partial charge in [-0.15, -0.1) is 0 Å². The molecule has 3 aromatic carbocycles. The lowest BCUT2D eigenvalue weighted by atomic mass is 9.73. The van der Waals surface area contributed by atoms with E-state index in [0.717, 1.165) is 40.7 Å². The number of phenolic OH excluding ortho intramolecular Hbond substituents is 3. The summed E-state index contributed by atoms with van der Waals surface area (Å²) >= 11 is 0. The van der Waals surface area contributed by atoms with Crippen molar-refractivity contribution in [2.24, 2.45) is 5.92 Å². The molecule has 1 heterocycles. The molecule has 5 N–H and O–H groups in total. The van der Waals surface area contributed by atoms with E-state index in [0.29, 0.717) is 23.8 Å². The summed E-state index contributed by atoms with van der Waals surface area (Å²) in [4.78, 5) is 0. The Hall–Kier alpha value is -3.82. The minimum absolute atomic E-state index is 0.0708. The van der Waals surface area contributed by atoms with Gasteiger partial charge in [0.05, 0.1) is 26.9 Å². The summed E-state index contributed by atoms with van der Waals surface area (Å²) < 4.78 is 22.9. The van der Waals surface area contributed by atoms with Gasteiger partial charge >= 0.3 is 0 Å². The molecule has 0 fully saturated rings. The molecule has 9 nitrogen and oxygen atoms in total. The first-order valence-corrected chi connectivity index (χ1v) is 14.0. The van der Waals surface area contributed by atoms with Crippen molar-refractivity contribution < 1.29 is 44.5 Å². The summed E-state index contributed by atoms with van der Waals surface area (Å²) in [6, 6.07) is 8.59. The van der Waals surface area contributed by atoms with Crippen LogP contribution in [0.4, 0.5) is 0 Å². The first kappa shape index (κ1) is 28.7. The second-order valence-corrected chi connectivity index (χ2v) is 11.1. The van der Waals surface area contributed by atoms with Crippen LogP contribution in [0.25, 0.3) is 11.1 Å². The summed E-state index contributed by atoms with van der Waals surface area (Å²) in [6.07, 6.45) is 0.845. The average Bonchev–Trinajstić information content (AvgIpc) is 2.95. The molecule has 2 aliphatic rings. The molecular weight excluding hydrogens is 528 g/mol. The molecule has 0 spiro atoms. The van der Waals surface area contributed by atoms with Gasteiger partial charge in [0, 0.05) is 29.2 Å². The zero-order valence-corrected chi connectivity index (χ0v) is 23.8. The highest BCUT2D eigenvalue weighted by molar-refractivity contribution is 5.83. The van der Waals surface area contributed by atoms with Crippen molar-refractivity contribution in [3.05, 3.63) is 52.6 Å². The van der Waals surface area contributed by atoms with Crippen molar-refractivity contribution >= 4 is 0 Å². The highest BCUT2D eigenvalue weighted by atomic mass is 16.5. The van der Waals surface area contributed by atoms with Crippen LogP contribution in [-0.4, -0.2) is 59.1 Å². The molecule has 220 valence electrons. The number of methoxy groups -OCH3 is 2. The van der Waals surface area contributed by atoms with E-state index in [9.17, 15) is 25.5 Å². The molecule has 0 saturated carbocycles. The number of aromatic hydroxyl groups is 3. The van der Waals surface area contributed by atoms with Crippen LogP contribution in [-0.2, 0) is 12.8 Å². The van der Waals surface area contributed by atoms with E-state index < -0.39 is 12.2 Å². The number of aliphatic hydroxyl groups excluding tert-OH is 2. The fourth-order valence-corrected chi connectivity index (χ4v) is 6.11. The molecule has 0 unspecified atom stereocenters. The van der Waals surface area contributed by atoms with E-state index in [1.165, 1.54) is 20.3 Å². The van der Waals surface area contributed by atoms with Gasteiger partial charge in [-0.3, -0.25) is 0 Å². The summed E-state index contributed by atoms with van der Waals surface area (Å²) in [5.74, 6) is 1.09. The minimum atomic E-state index is -1.03. The van der Waals surface area contributed by atoms with Crippen molar-refractivity contribution in [1.29, 1.82) is 0 Å². The molecule has 41 heavy (non-hydrogen) atoms. The Bertz CT molecular complexity index is 1430. The largest absolute Gasteiger partial charge is 0.508 e. The number of fused-ring (bicyclic) bond motifs is 5. The molecule has 0 radical (unpaired) electrons. The van der Waals surface area contributed by atoms with Crippen molar-refractivity contribution in [2.45, 2.75) is 57.7 Å². The first-order chi connectivity index (χ1) is 19.7. The van der Waals surface area contributed by atoms with Gasteiger partial charge in [-0.05, 0) is 59.6 Å². The van der Waals surface area contributed by atoms with Crippen LogP contribution < -0.4 is 18.9 Å². The van der Waals surface area contributed by atoms with Gasteiger partial charge in [-0.25, -0.2) is 0 Å². The first-order valence-electron chi connectivity index (χ1n) is 14.0. The van der Waals surface area contributed by atoms with Crippen molar-refractivity contribution in [3.8, 4) is 51.4 Å². The van der Waals surface area contributed by atoms with Crippen LogP contribution in [0.3, 0.4) is 0 Å². The Labute approximate surface area is 239 Å². The molecule has 1 aliphatic carbocycles. The van der Waals surface area contributed by atoms with E-state index in [-0.39, 0.29) is 59.9 Å². The van der Waals surface area contributed by atoms with Gasteiger partial charge < -0.3 is 44.5 Å². The third-order valence-corrected chi connectivity index (χ3v) is 8.08. The Morgan fingerprint density at radius 3 is 2.39 bits per heavy atom. The Morgan fingerprint density at radius 2 is 1.71 bits per heavy atom. The number of aliphatic hydroxyl groups is 2. The molecule has 0 bridgehead atoms. The highest BCUT2D eigenvalue weighted by Gasteiger charge is 2.39. The van der Waals surface area contributed by atoms with E-state index in [4.69, 9.17) is 18.9 Å². The Morgan fingerprint density at radius 1 is 0.927 bits per heavy atom. The third kappa shape index (κ3) is 5.20. The Balaban J connectivity index is 1.65. The highest BCUT2D eigenvalue weighted by Crippen LogP contribution is 2.54. The molecule has 3 aromatic rings. The van der Waals surface area contributed by atoms with E-state index in [2.05, 4.69) is 13.8 Å². The monoisotopic (exact) mass is 566 g/mol. The predicted octanol–water partition coefficient (Wildman–Crippen LogP) is 4.97. The molecular formula is C32H38O9. The molecule has 0 aromatic heterocycles. The lowest BCUT2D eigenvalue weighted by Gasteiger charge is -2.37. The van der Waals surface area contributed by atoms with E-state index in [1.807, 2.05) is 12.1 Å². The number of hydrogen-bond acceptors (Lipinski definition) is 9. The maximum absolute atomic E-state index is 11.4. The summed E-state index contributed by atoms with van der Waals surface area (Å²) in [5.41, 5.74) is 4.94. The standard InChI is InChI=1S/C32H38O9/c1-16(2)5-6-17-11-22-21-13-24(35)31(23-14-27(38-3)30(37)32(39-4)29(23)36)41-25(21)15-26(40-10-9-33)28(22)19-8-7-18(34)12-20(17)19/h7-8,12,14-17,24,31,33-37H,5-6,9-11,13H2,1-4H3/t17-,24+,31-/m0/s1. The molecule has 3 atom stereocenters. The third-order valence-electron chi connectivity index (χ3n) is 8.08. The number of ether oxygens (including phenoxy) is 4. The van der Waals surface area contributed by atoms with Gasteiger partial charge in [-0.2, -0.15) is 0 Å². The van der Waals surface area contributed by atoms with Crippen molar-refractivity contribution in [2.75, 3.05) is 27.4 Å². The van der Waals surface area contributed by atoms with Crippen LogP contribution in [0.1, 0.15) is 61.0 Å². The van der Waals surface area contributed by atoms with Gasteiger partial charge in [0.2, 0.25) is 11.5 Å². The topological polar surface area (TPSA) is 138 Å². The van der Waals surface area contributed by atoms with E-state index in [1.54, 1.807) is 12.1 Å². The maximum atomic E-state index is 11.4. The number of benzene rings is 3. The van der Waals surface area contributed by atoms with Crippen molar-refractivity contribution in [3.63, 3.8) is 0 Å². The van der Waals surface area contributed by atoms with Crippen LogP contribution in [0, 0.1) is 5.92 Å². The lowest BCUT2D eigenvalue weighted by molar-refractivity contribution is 0.0186. The summed E-state index contributed by atoms with van der Waals surface area (Å²) in [7, 11) is 2.70. The zero-order chi connectivity index (χ0) is 29.4. The molecule has 0 saturated heterocycles. The normalized spacial score (nSPS) is 19.1. The van der Waals surface area contributed by atoms with Crippen LogP contribution in [0.15, 0.2) is 30.3 Å². The van der Waals surface area contributed by atoms with Gasteiger partial charge in [-0.1, -0.05) is 26.3 Å². The van der Waals surface area contributed by atoms with Gasteiger partial charge in [0.15, 0.2) is 17.6 Å². The smallest absolute Gasteiger partial charge is 0.207 e. The quantitative estimate of drug-likeness (QED) is 0.243. The molecule has 1 aliphatic heterocycles. The Kier molecular flexibility index (Phi) is 8.11. The van der Waals surface area contributed by atoms with Crippen LogP contribution >= 0.6 is 0 Å². The summed E-state index contributed by atoms with van der Waals surface area (Å²) in [6.45, 7) is 4.29. The predicted molar refractivity (Wildman–Crippen MR) is 153 cm³/mol. The second kappa shape index (κ2) is 11.6. The number of phenols is 3. The fraction of sp³-hybridized carbons (Fsp3) is 0.438. The second-order valence-electron chi connectivity index (χ2n) is 11.1. The molecule has 5 rings (SSSR count). The van der Waals surface area contributed by atoms with Crippen LogP contribution in [0.5, 0.6) is 40.2 Å². The number of rotatable bonds is 9. The lowest BCUT2D eigenvalue weighted by Crippen LogP contribution is -2.32. The van der Waals surface area contributed by atoms with E-state index >= 15 is 0 Å². The summed E-state index contributed by atoms with van der Waals surface area (Å²) in [5, 5.41) is 52.6. The zero-order valence-electron chi connectivity index (χ0n) is 23.8. The minimum Gasteiger partial charge on any atom is -0.508 e. The molecule has 9 heteroatoms. The van der Waals surface area contributed by atoms with Gasteiger partial charge in [0.1, 0.15) is 23.9 Å². The van der Waals surface area contributed by atoms with Crippen LogP contribution in [0.2, 0.25) is 0 Å². The molecule has 0 amide bonds. The maximum Gasteiger partial charge on any atom is 0.207 e. The average molecular weight is 567 g/mol. The SMILES string of the molecule is COc1cc([C@@H]2Oc3cc(OCCO)c4c(c3C[C@H]2O)C[C@H](CCC(C)C)c2cc(O)ccc2-4)c(O)c(OC)c1O. The van der Waals surface area contributed by atoms with Gasteiger partial charge in [0.25, 0.3) is 0 Å².